The maximum Gasteiger partial charge on any atom is 0.240 e. The molecule has 1 aromatic heterocycles. The van der Waals surface area contributed by atoms with Gasteiger partial charge in [-0.1, -0.05) is 91.0 Å². The van der Waals surface area contributed by atoms with Crippen molar-refractivity contribution < 1.29 is 23.0 Å². The van der Waals surface area contributed by atoms with Crippen molar-refractivity contribution in [2.75, 3.05) is 5.75 Å². The lowest BCUT2D eigenvalue weighted by Crippen LogP contribution is -2.31. The van der Waals surface area contributed by atoms with Crippen molar-refractivity contribution in [3.05, 3.63) is 150 Å². The van der Waals surface area contributed by atoms with Gasteiger partial charge in [0.15, 0.2) is 6.29 Å². The van der Waals surface area contributed by atoms with E-state index in [0.717, 1.165) is 44.2 Å². The van der Waals surface area contributed by atoms with Crippen molar-refractivity contribution >= 4 is 21.8 Å². The first-order valence-corrected chi connectivity index (χ1v) is 17.2. The van der Waals surface area contributed by atoms with Crippen LogP contribution >= 0.6 is 11.8 Å². The zero-order valence-electron chi connectivity index (χ0n) is 24.5. The van der Waals surface area contributed by atoms with Crippen LogP contribution in [0.3, 0.4) is 0 Å². The molecule has 7 nitrogen and oxygen atoms in total. The molecule has 2 N–H and O–H groups in total. The Morgan fingerprint density at radius 2 is 1.53 bits per heavy atom. The Bertz CT molecular complexity index is 1790. The normalized spacial score (nSPS) is 18.5. The van der Waals surface area contributed by atoms with E-state index in [4.69, 9.17) is 9.47 Å². The second-order valence-corrected chi connectivity index (χ2v) is 13.6. The second kappa shape index (κ2) is 14.5. The second-order valence-electron chi connectivity index (χ2n) is 10.8. The number of aliphatic hydroxyl groups is 1. The number of nitrogens with one attached hydrogen (secondary N) is 1. The van der Waals surface area contributed by atoms with E-state index in [1.807, 2.05) is 91.0 Å². The minimum atomic E-state index is -3.60. The van der Waals surface area contributed by atoms with Crippen molar-refractivity contribution in [1.82, 2.24) is 9.71 Å². The number of sulfonamides is 1. The average molecular weight is 639 g/mol. The van der Waals surface area contributed by atoms with Crippen molar-refractivity contribution in [1.29, 1.82) is 0 Å². The fraction of sp³-hybridized carbons (Fsp3) is 0.194. The van der Waals surface area contributed by atoms with Crippen molar-refractivity contribution in [3.8, 4) is 11.1 Å². The molecule has 0 unspecified atom stereocenters. The number of aliphatic hydroxyl groups excluding tert-OH is 1. The molecule has 3 atom stereocenters. The standard InChI is InChI=1S/C36H34N2O5S2/c39-24-26-12-14-29(15-13-26)34-22-32(25-44-35-11-4-5-20-37-35)42-36(43-34)30-18-16-28(17-19-30)31-8-6-7-27(21-31)23-38-45(40,41)33-9-2-1-3-10-33/h1-21,32,34,36,38-39H,22-25H2/t32-,34+,36+/m1/s1. The molecule has 1 aliphatic heterocycles. The number of pyridine rings is 1. The molecule has 0 saturated carbocycles. The SMILES string of the molecule is O=S(=O)(NCc1cccc(-c2ccc([C@H]3O[C@@H](CSc4ccccn4)C[C@@H](c4ccc(CO)cc4)O3)cc2)c1)c1ccccc1. The van der Waals surface area contributed by atoms with Crippen LogP contribution in [0.4, 0.5) is 0 Å². The number of nitrogens with zero attached hydrogens (tertiary/aromatic N) is 1. The average Bonchev–Trinajstić information content (AvgIpc) is 3.11. The van der Waals surface area contributed by atoms with Crippen LogP contribution in [0.25, 0.3) is 11.1 Å². The van der Waals surface area contributed by atoms with Crippen LogP contribution in [-0.2, 0) is 32.6 Å². The molecular formula is C36H34N2O5S2. The number of rotatable bonds is 11. The van der Waals surface area contributed by atoms with Crippen LogP contribution in [0.2, 0.25) is 0 Å². The lowest BCUT2D eigenvalue weighted by Gasteiger charge is -2.36. The third kappa shape index (κ3) is 8.07. The van der Waals surface area contributed by atoms with Gasteiger partial charge in [-0.3, -0.25) is 0 Å². The summed E-state index contributed by atoms with van der Waals surface area (Å²) in [5, 5.41) is 10.4. The summed E-state index contributed by atoms with van der Waals surface area (Å²) in [5.74, 6) is 0.737. The monoisotopic (exact) mass is 638 g/mol. The van der Waals surface area contributed by atoms with E-state index < -0.39 is 16.3 Å². The van der Waals surface area contributed by atoms with E-state index in [9.17, 15) is 13.5 Å². The molecule has 0 bridgehead atoms. The van der Waals surface area contributed by atoms with E-state index in [1.54, 1.807) is 48.3 Å². The topological polar surface area (TPSA) is 97.8 Å². The Kier molecular flexibility index (Phi) is 10.0. The number of thioether (sulfide) groups is 1. The lowest BCUT2D eigenvalue weighted by atomic mass is 9.99. The third-order valence-electron chi connectivity index (χ3n) is 7.63. The van der Waals surface area contributed by atoms with Gasteiger partial charge >= 0.3 is 0 Å². The highest BCUT2D eigenvalue weighted by Gasteiger charge is 2.32. The van der Waals surface area contributed by atoms with Crippen LogP contribution < -0.4 is 4.72 Å². The Balaban J connectivity index is 1.16. The van der Waals surface area contributed by atoms with E-state index in [1.165, 1.54) is 0 Å². The first-order valence-electron chi connectivity index (χ1n) is 14.8. The van der Waals surface area contributed by atoms with Crippen LogP contribution in [0.5, 0.6) is 0 Å². The summed E-state index contributed by atoms with van der Waals surface area (Å²) in [5.41, 5.74) is 5.66. The van der Waals surface area contributed by atoms with Gasteiger partial charge in [-0.25, -0.2) is 18.1 Å². The van der Waals surface area contributed by atoms with Crippen LogP contribution in [0.1, 0.15) is 41.1 Å². The maximum atomic E-state index is 12.7. The van der Waals surface area contributed by atoms with E-state index >= 15 is 0 Å². The molecule has 230 valence electrons. The molecule has 0 amide bonds. The zero-order valence-corrected chi connectivity index (χ0v) is 26.2. The number of aromatic nitrogens is 1. The summed E-state index contributed by atoms with van der Waals surface area (Å²) in [4.78, 5) is 4.68. The number of hydrogen-bond acceptors (Lipinski definition) is 7. The molecule has 6 rings (SSSR count). The summed E-state index contributed by atoms with van der Waals surface area (Å²) in [7, 11) is -3.60. The lowest BCUT2D eigenvalue weighted by molar-refractivity contribution is -0.245. The van der Waals surface area contributed by atoms with Gasteiger partial charge in [0.25, 0.3) is 0 Å². The molecular weight excluding hydrogens is 605 g/mol. The molecule has 1 saturated heterocycles. The highest BCUT2D eigenvalue weighted by molar-refractivity contribution is 7.99. The van der Waals surface area contributed by atoms with Gasteiger partial charge in [-0.15, -0.1) is 11.8 Å². The molecule has 2 heterocycles. The van der Waals surface area contributed by atoms with Gasteiger partial charge in [-0.05, 0) is 58.1 Å². The Morgan fingerprint density at radius 3 is 2.27 bits per heavy atom. The van der Waals surface area contributed by atoms with Gasteiger partial charge in [0.2, 0.25) is 10.0 Å². The molecule has 5 aromatic rings. The third-order valence-corrected chi connectivity index (χ3v) is 10.1. The maximum absolute atomic E-state index is 12.7. The van der Waals surface area contributed by atoms with Crippen LogP contribution in [0.15, 0.2) is 137 Å². The minimum Gasteiger partial charge on any atom is -0.392 e. The molecule has 4 aromatic carbocycles. The zero-order chi connectivity index (χ0) is 31.1. The molecule has 0 spiro atoms. The first kappa shape index (κ1) is 31.2. The summed E-state index contributed by atoms with van der Waals surface area (Å²) in [6, 6.07) is 38.1. The van der Waals surface area contributed by atoms with Crippen molar-refractivity contribution in [2.45, 2.75) is 48.0 Å². The predicted octanol–water partition coefficient (Wildman–Crippen LogP) is 7.06. The summed E-state index contributed by atoms with van der Waals surface area (Å²) >= 11 is 1.67. The van der Waals surface area contributed by atoms with Crippen LogP contribution in [0, 0.1) is 0 Å². The highest BCUT2D eigenvalue weighted by atomic mass is 32.2. The molecule has 0 aliphatic carbocycles. The van der Waals surface area contributed by atoms with Gasteiger partial charge < -0.3 is 14.6 Å². The first-order chi connectivity index (χ1) is 22.0. The quantitative estimate of drug-likeness (QED) is 0.150. The van der Waals surface area contributed by atoms with E-state index in [-0.39, 0.29) is 30.3 Å². The summed E-state index contributed by atoms with van der Waals surface area (Å²) in [6.45, 7) is 0.185. The molecule has 1 aliphatic rings. The predicted molar refractivity (Wildman–Crippen MR) is 176 cm³/mol. The van der Waals surface area contributed by atoms with Gasteiger partial charge in [-0.2, -0.15) is 0 Å². The molecule has 45 heavy (non-hydrogen) atoms. The highest BCUT2D eigenvalue weighted by Crippen LogP contribution is 2.39. The van der Waals surface area contributed by atoms with E-state index in [2.05, 4.69) is 9.71 Å². The molecule has 0 radical (unpaired) electrons. The molecule has 1 fully saturated rings. The van der Waals surface area contributed by atoms with E-state index in [0.29, 0.717) is 6.42 Å². The Morgan fingerprint density at radius 1 is 0.778 bits per heavy atom. The minimum absolute atomic E-state index is 0.000559. The van der Waals surface area contributed by atoms with Crippen molar-refractivity contribution in [3.63, 3.8) is 0 Å². The number of benzene rings is 4. The smallest absolute Gasteiger partial charge is 0.240 e. The largest absolute Gasteiger partial charge is 0.392 e. The Hall–Kier alpha value is -3.83. The van der Waals surface area contributed by atoms with Gasteiger partial charge in [0.05, 0.1) is 28.7 Å². The molecule has 9 heteroatoms. The number of ether oxygens (including phenoxy) is 2. The van der Waals surface area contributed by atoms with Gasteiger partial charge in [0.1, 0.15) is 0 Å². The van der Waals surface area contributed by atoms with Crippen molar-refractivity contribution in [2.24, 2.45) is 0 Å². The summed E-state index contributed by atoms with van der Waals surface area (Å²) < 4.78 is 41.0. The fourth-order valence-electron chi connectivity index (χ4n) is 5.19. The Labute approximate surface area is 268 Å². The summed E-state index contributed by atoms with van der Waals surface area (Å²) in [6.07, 6.45) is 1.72. The fourth-order valence-corrected chi connectivity index (χ4v) is 7.11. The van der Waals surface area contributed by atoms with Crippen LogP contribution in [-0.4, -0.2) is 30.4 Å². The number of hydrogen-bond donors (Lipinski definition) is 2. The van der Waals surface area contributed by atoms with Gasteiger partial charge in [0, 0.05) is 30.5 Å².